The van der Waals surface area contributed by atoms with Crippen LogP contribution in [-0.4, -0.2) is 33.3 Å². The van der Waals surface area contributed by atoms with Crippen LogP contribution >= 0.6 is 0 Å². The molecule has 37 heavy (non-hydrogen) atoms. The average Bonchev–Trinajstić information content (AvgIpc) is 3.41. The summed E-state index contributed by atoms with van der Waals surface area (Å²) < 4.78 is 37.0. The van der Waals surface area contributed by atoms with E-state index in [4.69, 9.17) is 4.74 Å². The molecule has 0 radical (unpaired) electrons. The van der Waals surface area contributed by atoms with E-state index < -0.39 is 24.4 Å². The molecule has 0 saturated carbocycles. The van der Waals surface area contributed by atoms with E-state index in [1.807, 2.05) is 47.2 Å². The molecule has 1 aliphatic heterocycles. The molecule has 0 atom stereocenters. The first-order chi connectivity index (χ1) is 17.5. The molecule has 1 fully saturated rings. The third-order valence-electron chi connectivity index (χ3n) is 7.53. The molecule has 1 aromatic heterocycles. The molecule has 2 heterocycles. The van der Waals surface area contributed by atoms with Crippen LogP contribution in [0.2, 0.25) is 16.6 Å². The Hall–Kier alpha value is -3.04. The lowest BCUT2D eigenvalue weighted by molar-refractivity contribution is -0.117. The summed E-state index contributed by atoms with van der Waals surface area (Å²) in [5.74, 6) is -0.151. The minimum Gasteiger partial charge on any atom is -0.487 e. The van der Waals surface area contributed by atoms with Gasteiger partial charge in [0.15, 0.2) is 8.24 Å². The number of nitrogens with zero attached hydrogens (tertiary/aromatic N) is 2. The Kier molecular flexibility index (Phi) is 7.57. The molecule has 1 aliphatic rings. The van der Waals surface area contributed by atoms with Gasteiger partial charge in [0.2, 0.25) is 0 Å². The number of anilines is 1. The molecular formula is C28H37N3O4SSi. The number of ether oxygens (including phenoxy) is 1. The average molecular weight is 540 g/mol. The van der Waals surface area contributed by atoms with Gasteiger partial charge in [0.05, 0.1) is 5.69 Å². The minimum absolute atomic E-state index is 0.273. The van der Waals surface area contributed by atoms with Crippen LogP contribution in [-0.2, 0) is 21.6 Å². The molecule has 1 amide bonds. The van der Waals surface area contributed by atoms with E-state index in [1.54, 1.807) is 6.07 Å². The zero-order valence-corrected chi connectivity index (χ0v) is 24.2. The van der Waals surface area contributed by atoms with Gasteiger partial charge in [0.25, 0.3) is 5.91 Å². The van der Waals surface area contributed by atoms with Crippen LogP contribution in [0, 0.1) is 0 Å². The molecule has 0 aliphatic carbocycles. The minimum atomic E-state index is -3.96. The molecule has 0 unspecified atom stereocenters. The fraction of sp³-hybridized carbons (Fsp3) is 0.393. The van der Waals surface area contributed by atoms with Crippen LogP contribution < -0.4 is 13.8 Å². The Morgan fingerprint density at radius 3 is 2.14 bits per heavy atom. The van der Waals surface area contributed by atoms with Gasteiger partial charge in [-0.1, -0.05) is 77.9 Å². The first kappa shape index (κ1) is 27.0. The lowest BCUT2D eigenvalue weighted by Gasteiger charge is -2.44. The molecule has 1 N–H and O–H groups in total. The summed E-state index contributed by atoms with van der Waals surface area (Å²) in [4.78, 5) is 11.9. The van der Waals surface area contributed by atoms with Gasteiger partial charge >= 0.3 is 10.2 Å². The molecule has 3 aromatic rings. The zero-order chi connectivity index (χ0) is 27.0. The number of aromatic nitrogens is 1. The van der Waals surface area contributed by atoms with E-state index in [2.05, 4.69) is 64.2 Å². The lowest BCUT2D eigenvalue weighted by atomic mass is 10.1. The fourth-order valence-corrected chi connectivity index (χ4v) is 13.8. The van der Waals surface area contributed by atoms with Crippen molar-refractivity contribution in [2.45, 2.75) is 64.8 Å². The second-order valence-electron chi connectivity index (χ2n) is 10.7. The number of nitrogens with one attached hydrogen (secondary N) is 1. The summed E-state index contributed by atoms with van der Waals surface area (Å²) in [5, 5.41) is 0. The highest BCUT2D eigenvalue weighted by molar-refractivity contribution is 7.92. The Bertz CT molecular complexity index is 1350. The number of carbonyl (C=O) groups excluding carboxylic acids is 1. The third kappa shape index (κ3) is 5.07. The van der Waals surface area contributed by atoms with Crippen LogP contribution in [0.4, 0.5) is 5.69 Å². The maximum Gasteiger partial charge on any atom is 0.326 e. The first-order valence-corrected chi connectivity index (χ1v) is 16.4. The molecule has 9 heteroatoms. The van der Waals surface area contributed by atoms with Crippen molar-refractivity contribution in [3.05, 3.63) is 72.6 Å². The van der Waals surface area contributed by atoms with Gasteiger partial charge in [-0.3, -0.25) is 4.79 Å². The van der Waals surface area contributed by atoms with Gasteiger partial charge in [-0.15, -0.1) is 0 Å². The van der Waals surface area contributed by atoms with Gasteiger partial charge in [0.1, 0.15) is 18.9 Å². The molecule has 198 valence electrons. The van der Waals surface area contributed by atoms with Crippen LogP contribution in [0.3, 0.4) is 0 Å². The standard InChI is InChI=1S/C28H37N3O4SSi/c1-20(2)37(21(3)4,22(5)6)30-15-14-25(17-30)24-12-13-26(31-18-28(32)29-36(31,33)34)27(16-24)35-19-23-10-8-7-9-11-23/h7-17,20-22H,18-19H2,1-6H3,(H,29,32). The highest BCUT2D eigenvalue weighted by Gasteiger charge is 2.45. The van der Waals surface area contributed by atoms with E-state index in [-0.39, 0.29) is 13.2 Å². The maximum atomic E-state index is 12.6. The Labute approximate surface area is 221 Å². The van der Waals surface area contributed by atoms with Crippen molar-refractivity contribution >= 4 is 30.0 Å². The zero-order valence-electron chi connectivity index (χ0n) is 22.4. The summed E-state index contributed by atoms with van der Waals surface area (Å²) in [6.07, 6.45) is 4.44. The van der Waals surface area contributed by atoms with Crippen LogP contribution in [0.25, 0.3) is 11.1 Å². The number of carbonyl (C=O) groups is 1. The quantitative estimate of drug-likeness (QED) is 0.341. The number of hydrogen-bond donors (Lipinski definition) is 1. The highest BCUT2D eigenvalue weighted by atomic mass is 32.2. The Morgan fingerprint density at radius 2 is 1.57 bits per heavy atom. The predicted molar refractivity (Wildman–Crippen MR) is 151 cm³/mol. The van der Waals surface area contributed by atoms with Crippen molar-refractivity contribution < 1.29 is 17.9 Å². The van der Waals surface area contributed by atoms with E-state index in [9.17, 15) is 13.2 Å². The van der Waals surface area contributed by atoms with Gasteiger partial charge in [-0.2, -0.15) is 8.42 Å². The number of amides is 1. The van der Waals surface area contributed by atoms with Crippen LogP contribution in [0.15, 0.2) is 67.0 Å². The summed E-state index contributed by atoms with van der Waals surface area (Å²) in [7, 11) is -5.86. The van der Waals surface area contributed by atoms with Crippen molar-refractivity contribution in [1.82, 2.24) is 8.95 Å². The smallest absolute Gasteiger partial charge is 0.326 e. The monoisotopic (exact) mass is 539 g/mol. The van der Waals surface area contributed by atoms with Gasteiger partial charge in [-0.25, -0.2) is 9.03 Å². The second kappa shape index (κ2) is 10.4. The van der Waals surface area contributed by atoms with Gasteiger partial charge in [0, 0.05) is 6.20 Å². The van der Waals surface area contributed by atoms with Crippen LogP contribution in [0.1, 0.15) is 47.1 Å². The first-order valence-electron chi connectivity index (χ1n) is 12.8. The van der Waals surface area contributed by atoms with Gasteiger partial charge in [-0.05, 0) is 57.7 Å². The van der Waals surface area contributed by atoms with Crippen molar-refractivity contribution in [2.75, 3.05) is 10.8 Å². The molecule has 2 aromatic carbocycles. The molecular weight excluding hydrogens is 502 g/mol. The second-order valence-corrected chi connectivity index (χ2v) is 18.0. The van der Waals surface area contributed by atoms with Crippen LogP contribution in [0.5, 0.6) is 5.75 Å². The SMILES string of the molecule is CC(C)[Si](C(C)C)(C(C)C)n1ccc(-c2ccc(N3CC(=O)NS3(=O)=O)c(OCc3ccccc3)c2)c1. The summed E-state index contributed by atoms with van der Waals surface area (Å²) >= 11 is 0. The van der Waals surface area contributed by atoms with E-state index >= 15 is 0 Å². The molecule has 4 rings (SSSR count). The van der Waals surface area contributed by atoms with Crippen molar-refractivity contribution in [2.24, 2.45) is 0 Å². The third-order valence-corrected chi connectivity index (χ3v) is 15.6. The number of rotatable bonds is 9. The molecule has 7 nitrogen and oxygen atoms in total. The topological polar surface area (TPSA) is 80.6 Å². The molecule has 0 spiro atoms. The van der Waals surface area contributed by atoms with Gasteiger partial charge < -0.3 is 8.97 Å². The number of hydrogen-bond acceptors (Lipinski definition) is 4. The molecule has 1 saturated heterocycles. The Balaban J connectivity index is 1.76. The summed E-state index contributed by atoms with van der Waals surface area (Å²) in [5.41, 5.74) is 4.97. The maximum absolute atomic E-state index is 12.6. The summed E-state index contributed by atoms with van der Waals surface area (Å²) in [6.45, 7) is 14.0. The predicted octanol–water partition coefficient (Wildman–Crippen LogP) is 5.94. The van der Waals surface area contributed by atoms with E-state index in [0.717, 1.165) is 21.0 Å². The molecule has 0 bridgehead atoms. The largest absolute Gasteiger partial charge is 0.487 e. The Morgan fingerprint density at radius 1 is 0.919 bits per heavy atom. The normalized spacial score (nSPS) is 15.6. The van der Waals surface area contributed by atoms with Crippen molar-refractivity contribution in [3.8, 4) is 16.9 Å². The fourth-order valence-electron chi connectivity index (χ4n) is 6.11. The van der Waals surface area contributed by atoms with E-state index in [0.29, 0.717) is 28.1 Å². The lowest BCUT2D eigenvalue weighted by Crippen LogP contribution is -2.51. The van der Waals surface area contributed by atoms with Crippen molar-refractivity contribution in [3.63, 3.8) is 0 Å². The van der Waals surface area contributed by atoms with Crippen molar-refractivity contribution in [1.29, 1.82) is 0 Å². The summed E-state index contributed by atoms with van der Waals surface area (Å²) in [6, 6.07) is 17.3. The van der Waals surface area contributed by atoms with E-state index in [1.165, 1.54) is 0 Å². The highest BCUT2D eigenvalue weighted by Crippen LogP contribution is 2.44. The number of benzene rings is 2.